The number of rotatable bonds is 4. The van der Waals surface area contributed by atoms with E-state index in [2.05, 4.69) is 15.9 Å². The first-order valence-corrected chi connectivity index (χ1v) is 8.10. The van der Waals surface area contributed by atoms with Gasteiger partial charge >= 0.3 is 0 Å². The summed E-state index contributed by atoms with van der Waals surface area (Å²) < 4.78 is 32.0. The van der Waals surface area contributed by atoms with Crippen molar-refractivity contribution in [2.24, 2.45) is 0 Å². The van der Waals surface area contributed by atoms with E-state index in [9.17, 15) is 8.42 Å². The Balaban J connectivity index is 2.29. The first-order chi connectivity index (χ1) is 9.32. The number of hydrogen-bond donors (Lipinski definition) is 1. The normalized spacial score (nSPS) is 12.0. The van der Waals surface area contributed by atoms with Crippen molar-refractivity contribution in [1.29, 1.82) is 0 Å². The Labute approximate surface area is 126 Å². The third-order valence-corrected chi connectivity index (χ3v) is 5.56. The summed E-state index contributed by atoms with van der Waals surface area (Å²) in [4.78, 5) is 0.168. The minimum absolute atomic E-state index is 0.168. The van der Waals surface area contributed by atoms with Crippen LogP contribution in [-0.2, 0) is 16.6 Å². The van der Waals surface area contributed by atoms with Crippen LogP contribution in [0.2, 0.25) is 0 Å². The number of benzene rings is 1. The van der Waals surface area contributed by atoms with Gasteiger partial charge in [-0.2, -0.15) is 4.31 Å². The van der Waals surface area contributed by atoms with Gasteiger partial charge in [-0.15, -0.1) is 0 Å². The van der Waals surface area contributed by atoms with Crippen molar-refractivity contribution < 1.29 is 12.8 Å². The molecule has 2 aromatic rings. The summed E-state index contributed by atoms with van der Waals surface area (Å²) in [6.45, 7) is 2.05. The van der Waals surface area contributed by atoms with E-state index in [1.165, 1.54) is 23.5 Å². The van der Waals surface area contributed by atoms with Gasteiger partial charge in [-0.05, 0) is 47.1 Å². The largest absolute Gasteiger partial charge is 0.469 e. The molecule has 2 rings (SSSR count). The van der Waals surface area contributed by atoms with Crippen LogP contribution < -0.4 is 5.73 Å². The highest BCUT2D eigenvalue weighted by Gasteiger charge is 2.22. The van der Waals surface area contributed by atoms with Gasteiger partial charge in [0, 0.05) is 29.3 Å². The molecule has 1 aromatic carbocycles. The van der Waals surface area contributed by atoms with Crippen LogP contribution in [0.1, 0.15) is 11.3 Å². The smallest absolute Gasteiger partial charge is 0.243 e. The quantitative estimate of drug-likeness (QED) is 0.852. The van der Waals surface area contributed by atoms with Gasteiger partial charge < -0.3 is 10.2 Å². The summed E-state index contributed by atoms with van der Waals surface area (Å²) in [5.74, 6) is 0.711. The van der Waals surface area contributed by atoms with E-state index in [4.69, 9.17) is 10.2 Å². The van der Waals surface area contributed by atoms with Crippen LogP contribution in [0.4, 0.5) is 5.69 Å². The molecular formula is C13H15BrN2O3S. The number of hydrogen-bond acceptors (Lipinski definition) is 4. The second kappa shape index (κ2) is 5.59. The lowest BCUT2D eigenvalue weighted by Crippen LogP contribution is -2.26. The molecule has 0 saturated carbocycles. The molecule has 1 heterocycles. The zero-order valence-electron chi connectivity index (χ0n) is 11.1. The molecule has 2 N–H and O–H groups in total. The average Bonchev–Trinajstić information content (AvgIpc) is 2.78. The molecule has 0 saturated heterocycles. The predicted octanol–water partition coefficient (Wildman–Crippen LogP) is 2.75. The maximum Gasteiger partial charge on any atom is 0.243 e. The van der Waals surface area contributed by atoms with E-state index in [-0.39, 0.29) is 11.4 Å². The second-order valence-corrected chi connectivity index (χ2v) is 7.35. The van der Waals surface area contributed by atoms with Crippen molar-refractivity contribution in [2.45, 2.75) is 18.4 Å². The van der Waals surface area contributed by atoms with Crippen LogP contribution in [0.5, 0.6) is 0 Å². The summed E-state index contributed by atoms with van der Waals surface area (Å²) in [5.41, 5.74) is 6.96. The summed E-state index contributed by atoms with van der Waals surface area (Å²) in [5, 5.41) is 0. The van der Waals surface area contributed by atoms with Gasteiger partial charge in [0.15, 0.2) is 0 Å². The van der Waals surface area contributed by atoms with Crippen LogP contribution in [0.25, 0.3) is 0 Å². The van der Waals surface area contributed by atoms with Crippen molar-refractivity contribution in [1.82, 2.24) is 4.31 Å². The van der Waals surface area contributed by atoms with Gasteiger partial charge in [-0.3, -0.25) is 0 Å². The minimum atomic E-state index is -3.58. The lowest BCUT2D eigenvalue weighted by Gasteiger charge is -2.17. The van der Waals surface area contributed by atoms with Gasteiger partial charge in [0.2, 0.25) is 10.0 Å². The van der Waals surface area contributed by atoms with E-state index in [0.29, 0.717) is 15.9 Å². The second-order valence-electron chi connectivity index (χ2n) is 4.45. The first-order valence-electron chi connectivity index (χ1n) is 5.86. The molecule has 0 atom stereocenters. The number of nitrogens with two attached hydrogens (primary N) is 1. The van der Waals surface area contributed by atoms with E-state index >= 15 is 0 Å². The van der Waals surface area contributed by atoms with Crippen LogP contribution in [0, 0.1) is 6.92 Å². The monoisotopic (exact) mass is 358 g/mol. The fraction of sp³-hybridized carbons (Fsp3) is 0.231. The van der Waals surface area contributed by atoms with Gasteiger partial charge in [-0.25, -0.2) is 8.42 Å². The van der Waals surface area contributed by atoms with Crippen molar-refractivity contribution in [3.63, 3.8) is 0 Å². The molecule has 0 aliphatic rings. The number of aryl methyl sites for hydroxylation is 1. The fourth-order valence-corrected chi connectivity index (χ4v) is 3.19. The number of anilines is 1. The van der Waals surface area contributed by atoms with E-state index < -0.39 is 10.0 Å². The zero-order valence-corrected chi connectivity index (χ0v) is 13.5. The Bertz CT molecular complexity index is 725. The summed E-state index contributed by atoms with van der Waals surface area (Å²) in [7, 11) is -2.05. The maximum absolute atomic E-state index is 12.5. The molecule has 1 aromatic heterocycles. The molecule has 5 nitrogen and oxygen atoms in total. The zero-order chi connectivity index (χ0) is 14.9. The fourth-order valence-electron chi connectivity index (χ4n) is 1.76. The average molecular weight is 359 g/mol. The Kier molecular flexibility index (Phi) is 4.22. The van der Waals surface area contributed by atoms with E-state index in [0.717, 1.165) is 5.56 Å². The highest BCUT2D eigenvalue weighted by Crippen LogP contribution is 2.25. The third kappa shape index (κ3) is 2.89. The van der Waals surface area contributed by atoms with Gasteiger partial charge in [0.05, 0.1) is 11.2 Å². The topological polar surface area (TPSA) is 76.5 Å². The van der Waals surface area contributed by atoms with Gasteiger partial charge in [0.25, 0.3) is 0 Å². The number of nitrogens with zero attached hydrogens (tertiary/aromatic N) is 1. The van der Waals surface area contributed by atoms with Gasteiger partial charge in [0.1, 0.15) is 5.76 Å². The highest BCUT2D eigenvalue weighted by atomic mass is 79.9. The Morgan fingerprint density at radius 1 is 1.35 bits per heavy atom. The lowest BCUT2D eigenvalue weighted by atomic mass is 10.3. The Morgan fingerprint density at radius 3 is 2.60 bits per heavy atom. The molecule has 7 heteroatoms. The molecule has 20 heavy (non-hydrogen) atoms. The number of halogens is 1. The summed E-state index contributed by atoms with van der Waals surface area (Å²) in [6, 6.07) is 6.35. The maximum atomic E-state index is 12.5. The molecule has 0 amide bonds. The molecular weight excluding hydrogens is 344 g/mol. The molecule has 0 aliphatic heterocycles. The minimum Gasteiger partial charge on any atom is -0.469 e. The van der Waals surface area contributed by atoms with Gasteiger partial charge in [-0.1, -0.05) is 0 Å². The summed E-state index contributed by atoms with van der Waals surface area (Å²) >= 11 is 3.25. The van der Waals surface area contributed by atoms with Crippen LogP contribution >= 0.6 is 15.9 Å². The number of sulfonamides is 1. The Hall–Kier alpha value is -1.31. The third-order valence-electron chi connectivity index (χ3n) is 3.03. The van der Waals surface area contributed by atoms with E-state index in [1.54, 1.807) is 25.3 Å². The standard InChI is InChI=1S/C13H15BrN2O3S/c1-9-10(5-6-19-9)8-16(2)20(17,18)11-3-4-12(14)13(15)7-11/h3-7H,8,15H2,1-2H3. The molecule has 0 fully saturated rings. The van der Waals surface area contributed by atoms with Crippen molar-refractivity contribution in [3.05, 3.63) is 46.3 Å². The predicted molar refractivity (Wildman–Crippen MR) is 80.7 cm³/mol. The van der Waals surface area contributed by atoms with Crippen molar-refractivity contribution in [3.8, 4) is 0 Å². The number of nitrogen functional groups attached to an aromatic ring is 1. The molecule has 108 valence electrons. The highest BCUT2D eigenvalue weighted by molar-refractivity contribution is 9.10. The van der Waals surface area contributed by atoms with Crippen LogP contribution in [0.15, 0.2) is 44.3 Å². The summed E-state index contributed by atoms with van der Waals surface area (Å²) in [6.07, 6.45) is 1.54. The first kappa shape index (κ1) is 15.1. The Morgan fingerprint density at radius 2 is 2.05 bits per heavy atom. The van der Waals surface area contributed by atoms with Crippen LogP contribution in [0.3, 0.4) is 0 Å². The molecule has 0 radical (unpaired) electrons. The van der Waals surface area contributed by atoms with E-state index in [1.807, 2.05) is 0 Å². The van der Waals surface area contributed by atoms with Crippen molar-refractivity contribution >= 4 is 31.6 Å². The lowest BCUT2D eigenvalue weighted by molar-refractivity contribution is 0.459. The molecule has 0 bridgehead atoms. The molecule has 0 spiro atoms. The molecule has 0 aliphatic carbocycles. The molecule has 0 unspecified atom stereocenters. The van der Waals surface area contributed by atoms with Crippen LogP contribution in [-0.4, -0.2) is 19.8 Å². The SMILES string of the molecule is Cc1occc1CN(C)S(=O)(=O)c1ccc(Br)c(N)c1. The number of furan rings is 1. The van der Waals surface area contributed by atoms with Crippen molar-refractivity contribution in [2.75, 3.05) is 12.8 Å².